The van der Waals surface area contributed by atoms with Crippen molar-refractivity contribution in [2.24, 2.45) is 0 Å². The van der Waals surface area contributed by atoms with Gasteiger partial charge < -0.3 is 10.1 Å². The maximum atomic E-state index is 14.6. The monoisotopic (exact) mass is 315 g/mol. The molecule has 1 N–H and O–H groups in total. The molecule has 0 fully saturated rings. The molecule has 0 radical (unpaired) electrons. The van der Waals surface area contributed by atoms with Crippen molar-refractivity contribution in [1.29, 1.82) is 0 Å². The van der Waals surface area contributed by atoms with Gasteiger partial charge in [-0.2, -0.15) is 0 Å². The molecule has 0 amide bonds. The van der Waals surface area contributed by atoms with E-state index < -0.39 is 12.3 Å². The molecule has 2 atom stereocenters. The number of hydrogen-bond donors (Lipinski definition) is 1. The molecule has 1 aromatic heterocycles. The lowest BCUT2D eigenvalue weighted by Crippen LogP contribution is -2.29. The number of alkyl halides is 1. The number of rotatable bonds is 6. The van der Waals surface area contributed by atoms with E-state index in [4.69, 9.17) is 4.74 Å². The van der Waals surface area contributed by atoms with Gasteiger partial charge in [0.2, 0.25) is 0 Å². The van der Waals surface area contributed by atoms with Gasteiger partial charge in [0.15, 0.2) is 12.3 Å². The molecule has 114 valence electrons. The van der Waals surface area contributed by atoms with E-state index >= 15 is 0 Å². The molecule has 3 rings (SSSR count). The third-order valence-corrected chi connectivity index (χ3v) is 4.45. The lowest BCUT2D eigenvalue weighted by atomic mass is 10.0. The van der Waals surface area contributed by atoms with Crippen LogP contribution in [0.25, 0.3) is 10.1 Å². The summed E-state index contributed by atoms with van der Waals surface area (Å²) in [6, 6.07) is 17.4. The van der Waals surface area contributed by atoms with Crippen molar-refractivity contribution >= 4 is 21.4 Å². The second kappa shape index (κ2) is 6.90. The van der Waals surface area contributed by atoms with Crippen LogP contribution in [0, 0.1) is 0 Å². The number of thiophene rings is 1. The Morgan fingerprint density at radius 2 is 1.91 bits per heavy atom. The molecular weight excluding hydrogens is 297 g/mol. The van der Waals surface area contributed by atoms with Crippen LogP contribution in [0.1, 0.15) is 11.7 Å². The van der Waals surface area contributed by atoms with E-state index in [0.717, 1.165) is 21.4 Å². The van der Waals surface area contributed by atoms with Crippen molar-refractivity contribution in [3.8, 4) is 5.75 Å². The van der Waals surface area contributed by atoms with E-state index in [1.807, 2.05) is 60.0 Å². The first-order chi connectivity index (χ1) is 10.8. The van der Waals surface area contributed by atoms with E-state index in [0.29, 0.717) is 0 Å². The summed E-state index contributed by atoms with van der Waals surface area (Å²) >= 11 is 1.66. The fraction of sp³-hybridized carbons (Fsp3) is 0.222. The highest BCUT2D eigenvalue weighted by molar-refractivity contribution is 7.17. The lowest BCUT2D eigenvalue weighted by molar-refractivity contribution is 0.102. The van der Waals surface area contributed by atoms with Crippen LogP contribution in [0.3, 0.4) is 0 Å². The first kappa shape index (κ1) is 15.0. The molecule has 2 unspecified atom stereocenters. The Bertz CT molecular complexity index is 728. The molecule has 0 aliphatic rings. The van der Waals surface area contributed by atoms with Gasteiger partial charge in [-0.1, -0.05) is 36.4 Å². The van der Waals surface area contributed by atoms with Crippen LogP contribution < -0.4 is 10.1 Å². The van der Waals surface area contributed by atoms with Crippen LogP contribution in [-0.2, 0) is 0 Å². The number of nitrogens with one attached hydrogen (secondary N) is 1. The van der Waals surface area contributed by atoms with Crippen molar-refractivity contribution in [3.05, 3.63) is 65.5 Å². The molecule has 4 heteroatoms. The van der Waals surface area contributed by atoms with Crippen LogP contribution in [0.4, 0.5) is 4.39 Å². The van der Waals surface area contributed by atoms with Gasteiger partial charge in [0.1, 0.15) is 5.75 Å². The standard InChI is InChI=1S/C18H18FNOS/c1-20-12-15(19)18(13-6-3-2-4-7-13)21-16-8-5-9-17-14(16)10-11-22-17/h2-11,15,18,20H,12H2,1H3. The smallest absolute Gasteiger partial charge is 0.156 e. The minimum Gasteiger partial charge on any atom is -0.482 e. The van der Waals surface area contributed by atoms with Crippen molar-refractivity contribution in [1.82, 2.24) is 5.32 Å². The van der Waals surface area contributed by atoms with Gasteiger partial charge in [0.25, 0.3) is 0 Å². The summed E-state index contributed by atoms with van der Waals surface area (Å²) in [6.45, 7) is 0.249. The Balaban J connectivity index is 1.94. The Kier molecular flexibility index (Phi) is 4.71. The minimum absolute atomic E-state index is 0.249. The molecule has 2 aromatic carbocycles. The van der Waals surface area contributed by atoms with Crippen molar-refractivity contribution in [2.75, 3.05) is 13.6 Å². The summed E-state index contributed by atoms with van der Waals surface area (Å²) in [5, 5.41) is 5.94. The van der Waals surface area contributed by atoms with Crippen LogP contribution >= 0.6 is 11.3 Å². The summed E-state index contributed by atoms with van der Waals surface area (Å²) in [7, 11) is 1.74. The molecule has 1 heterocycles. The molecule has 0 saturated heterocycles. The van der Waals surface area contributed by atoms with E-state index in [9.17, 15) is 4.39 Å². The lowest BCUT2D eigenvalue weighted by Gasteiger charge is -2.23. The van der Waals surface area contributed by atoms with Gasteiger partial charge in [-0.25, -0.2) is 4.39 Å². The molecule has 2 nitrogen and oxygen atoms in total. The zero-order valence-electron chi connectivity index (χ0n) is 12.3. The Hall–Kier alpha value is -1.91. The van der Waals surface area contributed by atoms with Gasteiger partial charge in [-0.3, -0.25) is 0 Å². The summed E-state index contributed by atoms with van der Waals surface area (Å²) < 4.78 is 21.8. The highest BCUT2D eigenvalue weighted by Gasteiger charge is 2.25. The van der Waals surface area contributed by atoms with E-state index in [2.05, 4.69) is 5.32 Å². The average Bonchev–Trinajstić information content (AvgIpc) is 3.03. The topological polar surface area (TPSA) is 21.3 Å². The van der Waals surface area contributed by atoms with E-state index in [1.54, 1.807) is 18.4 Å². The Morgan fingerprint density at radius 1 is 1.09 bits per heavy atom. The maximum Gasteiger partial charge on any atom is 0.156 e. The van der Waals surface area contributed by atoms with Crippen LogP contribution in [0.2, 0.25) is 0 Å². The summed E-state index contributed by atoms with van der Waals surface area (Å²) in [4.78, 5) is 0. The van der Waals surface area contributed by atoms with Crippen LogP contribution in [0.5, 0.6) is 5.75 Å². The summed E-state index contributed by atoms with van der Waals surface area (Å²) in [5.41, 5.74) is 0.845. The fourth-order valence-electron chi connectivity index (χ4n) is 2.50. The number of fused-ring (bicyclic) bond motifs is 1. The summed E-state index contributed by atoms with van der Waals surface area (Å²) in [6.07, 6.45) is -1.75. The zero-order chi connectivity index (χ0) is 15.4. The number of halogens is 1. The molecule has 3 aromatic rings. The van der Waals surface area contributed by atoms with Gasteiger partial charge in [-0.15, -0.1) is 11.3 Å². The highest BCUT2D eigenvalue weighted by atomic mass is 32.1. The Labute approximate surface area is 133 Å². The SMILES string of the molecule is CNCC(F)C(Oc1cccc2sccc12)c1ccccc1. The predicted octanol–water partition coefficient (Wildman–Crippen LogP) is 4.58. The van der Waals surface area contributed by atoms with Crippen molar-refractivity contribution in [2.45, 2.75) is 12.3 Å². The molecule has 0 spiro atoms. The molecule has 0 bridgehead atoms. The highest BCUT2D eigenvalue weighted by Crippen LogP contribution is 2.34. The first-order valence-corrected chi connectivity index (χ1v) is 8.14. The van der Waals surface area contributed by atoms with Gasteiger partial charge >= 0.3 is 0 Å². The zero-order valence-corrected chi connectivity index (χ0v) is 13.1. The van der Waals surface area contributed by atoms with E-state index in [1.165, 1.54) is 0 Å². The fourth-order valence-corrected chi connectivity index (χ4v) is 3.30. The maximum absolute atomic E-state index is 14.6. The third kappa shape index (κ3) is 3.13. The molecular formula is C18H18FNOS. The van der Waals surface area contributed by atoms with Crippen LogP contribution in [-0.4, -0.2) is 19.8 Å². The Morgan fingerprint density at radius 3 is 2.68 bits per heavy atom. The van der Waals surface area contributed by atoms with E-state index in [-0.39, 0.29) is 6.54 Å². The molecule has 0 aliphatic carbocycles. The largest absolute Gasteiger partial charge is 0.482 e. The predicted molar refractivity (Wildman–Crippen MR) is 90.5 cm³/mol. The minimum atomic E-state index is -1.12. The van der Waals surface area contributed by atoms with Gasteiger partial charge in [0, 0.05) is 16.6 Å². The average molecular weight is 315 g/mol. The summed E-state index contributed by atoms with van der Waals surface area (Å²) in [5.74, 6) is 0.728. The first-order valence-electron chi connectivity index (χ1n) is 7.26. The number of benzene rings is 2. The second-order valence-corrected chi connectivity index (χ2v) is 6.06. The van der Waals surface area contributed by atoms with Crippen molar-refractivity contribution < 1.29 is 9.13 Å². The van der Waals surface area contributed by atoms with Gasteiger partial charge in [-0.05, 0) is 36.2 Å². The third-order valence-electron chi connectivity index (χ3n) is 3.57. The quantitative estimate of drug-likeness (QED) is 0.719. The second-order valence-electron chi connectivity index (χ2n) is 5.11. The number of hydrogen-bond acceptors (Lipinski definition) is 3. The molecule has 22 heavy (non-hydrogen) atoms. The number of ether oxygens (including phenoxy) is 1. The van der Waals surface area contributed by atoms with Gasteiger partial charge in [0.05, 0.1) is 0 Å². The van der Waals surface area contributed by atoms with Crippen LogP contribution in [0.15, 0.2) is 60.0 Å². The molecule has 0 saturated carbocycles. The normalized spacial score (nSPS) is 13.9. The van der Waals surface area contributed by atoms with Crippen molar-refractivity contribution in [3.63, 3.8) is 0 Å². The molecule has 0 aliphatic heterocycles.